The number of nitrogens with zero attached hydrogens (tertiary/aromatic N) is 1. The van der Waals surface area contributed by atoms with Crippen molar-refractivity contribution in [1.29, 1.82) is 0 Å². The van der Waals surface area contributed by atoms with E-state index >= 15 is 0 Å². The van der Waals surface area contributed by atoms with Gasteiger partial charge < -0.3 is 14.7 Å². The number of pyridine rings is 1. The van der Waals surface area contributed by atoms with E-state index in [-0.39, 0.29) is 5.56 Å². The fourth-order valence-electron chi connectivity index (χ4n) is 4.47. The molecule has 5 nitrogen and oxygen atoms in total. The van der Waals surface area contributed by atoms with Gasteiger partial charge in [0.05, 0.1) is 17.4 Å². The summed E-state index contributed by atoms with van der Waals surface area (Å²) >= 11 is 0. The molecule has 1 saturated heterocycles. The van der Waals surface area contributed by atoms with Gasteiger partial charge in [0.1, 0.15) is 0 Å². The van der Waals surface area contributed by atoms with E-state index in [1.807, 2.05) is 30.3 Å². The molecule has 0 aliphatic carbocycles. The van der Waals surface area contributed by atoms with Crippen molar-refractivity contribution in [2.45, 2.75) is 38.5 Å². The Morgan fingerprint density at radius 3 is 2.73 bits per heavy atom. The number of H-pyrrole nitrogens is 2. The lowest BCUT2D eigenvalue weighted by atomic mass is 10.1. The summed E-state index contributed by atoms with van der Waals surface area (Å²) in [5, 5.41) is 2.14. The number of hydrogen-bond donors (Lipinski definition) is 2. The van der Waals surface area contributed by atoms with E-state index in [1.54, 1.807) is 0 Å². The average molecular weight is 402 g/mol. The monoisotopic (exact) mass is 401 g/mol. The Bertz CT molecular complexity index is 1250. The number of aromatic nitrogens is 2. The zero-order valence-electron chi connectivity index (χ0n) is 17.4. The first-order chi connectivity index (χ1) is 14.6. The van der Waals surface area contributed by atoms with Gasteiger partial charge in [-0.05, 0) is 68.1 Å². The van der Waals surface area contributed by atoms with Gasteiger partial charge in [-0.15, -0.1) is 0 Å². The molecule has 0 radical (unpaired) electrons. The van der Waals surface area contributed by atoms with Crippen molar-refractivity contribution in [1.82, 2.24) is 14.9 Å². The van der Waals surface area contributed by atoms with Crippen molar-refractivity contribution in [3.63, 3.8) is 0 Å². The first-order valence-corrected chi connectivity index (χ1v) is 10.6. The highest BCUT2D eigenvalue weighted by atomic mass is 16.5. The summed E-state index contributed by atoms with van der Waals surface area (Å²) < 4.78 is 5.86. The van der Waals surface area contributed by atoms with Crippen LogP contribution in [0, 0.1) is 0 Å². The number of benzene rings is 2. The van der Waals surface area contributed by atoms with Crippen LogP contribution in [0.3, 0.4) is 0 Å². The topological polar surface area (TPSA) is 61.1 Å². The molecule has 5 heteroatoms. The lowest BCUT2D eigenvalue weighted by molar-refractivity contribution is 0.0388. The molecule has 2 aromatic carbocycles. The standard InChI is InChI=1S/C25H27N3O2/c1-16(24-8-5-11-30-24)28(2)15-17-9-10-22-19(12-17)14-23(26-22)20-13-18-6-3-4-7-21(18)27-25(20)29/h3-4,6-7,9-10,12-14,16,24,26H,5,8,11,15H2,1-2H3,(H,27,29). The first-order valence-electron chi connectivity index (χ1n) is 10.6. The highest BCUT2D eigenvalue weighted by Crippen LogP contribution is 2.26. The van der Waals surface area contributed by atoms with Crippen LogP contribution in [0.2, 0.25) is 0 Å². The second-order valence-corrected chi connectivity index (χ2v) is 8.41. The van der Waals surface area contributed by atoms with Crippen LogP contribution in [0.1, 0.15) is 25.3 Å². The number of hydrogen-bond acceptors (Lipinski definition) is 3. The maximum absolute atomic E-state index is 12.6. The molecule has 5 rings (SSSR count). The summed E-state index contributed by atoms with van der Waals surface area (Å²) in [6.07, 6.45) is 2.64. The summed E-state index contributed by atoms with van der Waals surface area (Å²) in [5.41, 5.74) is 4.58. The third-order valence-corrected chi connectivity index (χ3v) is 6.36. The average Bonchev–Trinajstić information content (AvgIpc) is 3.42. The first kappa shape index (κ1) is 19.1. The van der Waals surface area contributed by atoms with Crippen molar-refractivity contribution in [2.75, 3.05) is 13.7 Å². The Kier molecular flexibility index (Phi) is 4.93. The van der Waals surface area contributed by atoms with E-state index in [9.17, 15) is 4.79 Å². The molecule has 0 amide bonds. The van der Waals surface area contributed by atoms with E-state index in [4.69, 9.17) is 4.74 Å². The molecule has 30 heavy (non-hydrogen) atoms. The number of fused-ring (bicyclic) bond motifs is 2. The van der Waals surface area contributed by atoms with Gasteiger partial charge in [0.2, 0.25) is 0 Å². The summed E-state index contributed by atoms with van der Waals surface area (Å²) in [6, 6.07) is 18.7. The number of aromatic amines is 2. The lowest BCUT2D eigenvalue weighted by Crippen LogP contribution is -2.38. The number of ether oxygens (including phenoxy) is 1. The SMILES string of the molecule is CC(C1CCCO1)N(C)Cc1ccc2[nH]c(-c3cc4ccccc4[nH]c3=O)cc2c1. The Morgan fingerprint density at radius 2 is 1.90 bits per heavy atom. The normalized spacial score (nSPS) is 17.9. The van der Waals surface area contributed by atoms with Crippen LogP contribution in [0.25, 0.3) is 33.1 Å². The van der Waals surface area contributed by atoms with Crippen molar-refractivity contribution >= 4 is 21.8 Å². The Labute approximate surface area is 175 Å². The molecule has 3 heterocycles. The van der Waals surface area contributed by atoms with Gasteiger partial charge >= 0.3 is 0 Å². The molecule has 0 spiro atoms. The number of para-hydroxylation sites is 1. The van der Waals surface area contributed by atoms with Crippen LogP contribution in [0.4, 0.5) is 0 Å². The predicted molar refractivity (Wildman–Crippen MR) is 122 cm³/mol. The highest BCUT2D eigenvalue weighted by molar-refractivity contribution is 5.89. The Morgan fingerprint density at radius 1 is 1.07 bits per heavy atom. The molecule has 0 bridgehead atoms. The highest BCUT2D eigenvalue weighted by Gasteiger charge is 2.25. The second-order valence-electron chi connectivity index (χ2n) is 8.41. The molecule has 0 saturated carbocycles. The minimum atomic E-state index is -0.0781. The summed E-state index contributed by atoms with van der Waals surface area (Å²) in [4.78, 5) is 21.4. The minimum absolute atomic E-state index is 0.0781. The fraction of sp³-hybridized carbons (Fsp3) is 0.320. The smallest absolute Gasteiger partial charge is 0.257 e. The summed E-state index contributed by atoms with van der Waals surface area (Å²) in [7, 11) is 2.16. The maximum atomic E-state index is 12.6. The van der Waals surface area contributed by atoms with Gasteiger partial charge in [0, 0.05) is 35.6 Å². The lowest BCUT2D eigenvalue weighted by Gasteiger charge is -2.29. The van der Waals surface area contributed by atoms with E-state index < -0.39 is 0 Å². The van der Waals surface area contributed by atoms with Crippen LogP contribution in [0.5, 0.6) is 0 Å². The molecule has 1 fully saturated rings. The Balaban J connectivity index is 1.43. The van der Waals surface area contributed by atoms with Crippen molar-refractivity contribution in [3.8, 4) is 11.3 Å². The molecular weight excluding hydrogens is 374 g/mol. The van der Waals surface area contributed by atoms with Gasteiger partial charge in [0.15, 0.2) is 0 Å². The summed E-state index contributed by atoms with van der Waals surface area (Å²) in [5.74, 6) is 0. The molecule has 154 valence electrons. The zero-order chi connectivity index (χ0) is 20.7. The minimum Gasteiger partial charge on any atom is -0.377 e. The molecule has 2 atom stereocenters. The Hall–Kier alpha value is -2.89. The number of rotatable bonds is 5. The fourth-order valence-corrected chi connectivity index (χ4v) is 4.47. The van der Waals surface area contributed by atoms with Crippen LogP contribution in [0.15, 0.2) is 59.4 Å². The van der Waals surface area contributed by atoms with Crippen molar-refractivity contribution in [2.24, 2.45) is 0 Å². The predicted octanol–water partition coefficient (Wildman–Crippen LogP) is 4.68. The van der Waals surface area contributed by atoms with Crippen LogP contribution >= 0.6 is 0 Å². The van der Waals surface area contributed by atoms with Gasteiger partial charge in [-0.2, -0.15) is 0 Å². The van der Waals surface area contributed by atoms with Crippen LogP contribution < -0.4 is 5.56 Å². The van der Waals surface area contributed by atoms with Gasteiger partial charge in [-0.1, -0.05) is 24.3 Å². The number of likely N-dealkylation sites (N-methyl/N-ethyl adjacent to an activating group) is 1. The van der Waals surface area contributed by atoms with E-state index in [1.165, 1.54) is 5.56 Å². The van der Waals surface area contributed by atoms with Gasteiger partial charge in [-0.25, -0.2) is 0 Å². The maximum Gasteiger partial charge on any atom is 0.257 e. The molecule has 2 N–H and O–H groups in total. The third kappa shape index (κ3) is 3.55. The van der Waals surface area contributed by atoms with Crippen LogP contribution in [-0.2, 0) is 11.3 Å². The molecule has 2 unspecified atom stereocenters. The number of nitrogens with one attached hydrogen (secondary N) is 2. The van der Waals surface area contributed by atoms with Gasteiger partial charge in [-0.3, -0.25) is 9.69 Å². The quantitative estimate of drug-likeness (QED) is 0.511. The molecule has 4 aromatic rings. The van der Waals surface area contributed by atoms with E-state index in [2.05, 4.69) is 53.1 Å². The zero-order valence-corrected chi connectivity index (χ0v) is 17.4. The van der Waals surface area contributed by atoms with E-state index in [0.29, 0.717) is 17.7 Å². The molecular formula is C25H27N3O2. The largest absolute Gasteiger partial charge is 0.377 e. The van der Waals surface area contributed by atoms with Crippen molar-refractivity contribution in [3.05, 3.63) is 70.5 Å². The molecule has 1 aliphatic rings. The third-order valence-electron chi connectivity index (χ3n) is 6.36. The molecule has 2 aromatic heterocycles. The van der Waals surface area contributed by atoms with Crippen molar-refractivity contribution < 1.29 is 4.74 Å². The summed E-state index contributed by atoms with van der Waals surface area (Å²) in [6.45, 7) is 4.00. The molecule has 1 aliphatic heterocycles. The van der Waals surface area contributed by atoms with E-state index in [0.717, 1.165) is 53.5 Å². The van der Waals surface area contributed by atoms with Crippen LogP contribution in [-0.4, -0.2) is 40.7 Å². The van der Waals surface area contributed by atoms with Gasteiger partial charge in [0.25, 0.3) is 5.56 Å². The second kappa shape index (κ2) is 7.74.